The third-order valence-corrected chi connectivity index (χ3v) is 6.30. The van der Waals surface area contributed by atoms with Crippen LogP contribution in [0.15, 0.2) is 53.5 Å². The molecular weight excluding hydrogens is 462 g/mol. The van der Waals surface area contributed by atoms with Crippen molar-refractivity contribution in [2.45, 2.75) is 25.9 Å². The lowest BCUT2D eigenvalue weighted by molar-refractivity contribution is 0.0593. The van der Waals surface area contributed by atoms with E-state index < -0.39 is 5.97 Å². The number of methoxy groups -OCH3 is 3. The van der Waals surface area contributed by atoms with Crippen LogP contribution in [0, 0.1) is 0 Å². The number of carbonyl (C=O) groups is 1. The number of para-hydroxylation sites is 1. The summed E-state index contributed by atoms with van der Waals surface area (Å²) < 4.78 is 23.7. The van der Waals surface area contributed by atoms with E-state index in [0.717, 1.165) is 11.3 Å². The van der Waals surface area contributed by atoms with Gasteiger partial charge >= 0.3 is 5.97 Å². The number of fused-ring (bicyclic) bond motifs is 1. The summed E-state index contributed by atoms with van der Waals surface area (Å²) in [5, 5.41) is 0. The third-order valence-electron chi connectivity index (χ3n) is 6.30. The van der Waals surface area contributed by atoms with Crippen LogP contribution in [0.2, 0.25) is 0 Å². The first-order valence-electron chi connectivity index (χ1n) is 11.9. The Balaban J connectivity index is 1.57. The molecule has 0 bridgehead atoms. The van der Waals surface area contributed by atoms with Crippen molar-refractivity contribution in [3.05, 3.63) is 81.5 Å². The number of hydrogen-bond donors (Lipinski definition) is 0. The highest BCUT2D eigenvalue weighted by Gasteiger charge is 2.26. The van der Waals surface area contributed by atoms with Crippen LogP contribution in [-0.2, 0) is 30.7 Å². The lowest BCUT2D eigenvalue weighted by atomic mass is 10.1. The van der Waals surface area contributed by atoms with E-state index >= 15 is 0 Å². The largest absolute Gasteiger partial charge is 0.493 e. The lowest BCUT2D eigenvalue weighted by Gasteiger charge is -2.21. The highest BCUT2D eigenvalue weighted by atomic mass is 16.5. The summed E-state index contributed by atoms with van der Waals surface area (Å²) in [6.45, 7) is 2.61. The van der Waals surface area contributed by atoms with Crippen molar-refractivity contribution in [1.82, 2.24) is 14.5 Å². The van der Waals surface area contributed by atoms with E-state index in [1.807, 2.05) is 36.4 Å². The molecule has 9 nitrogen and oxygen atoms in total. The number of nitrogens with zero attached hydrogens (tertiary/aromatic N) is 3. The van der Waals surface area contributed by atoms with E-state index in [0.29, 0.717) is 61.8 Å². The first-order chi connectivity index (χ1) is 17.5. The van der Waals surface area contributed by atoms with Crippen LogP contribution in [0.5, 0.6) is 17.2 Å². The highest BCUT2D eigenvalue weighted by Crippen LogP contribution is 2.32. The van der Waals surface area contributed by atoms with Crippen molar-refractivity contribution in [1.29, 1.82) is 0 Å². The summed E-state index contributed by atoms with van der Waals surface area (Å²) in [5.41, 5.74) is 2.58. The standard InChI is InChI=1S/C27H31N3O6/c1-33-22-9-6-7-19(26(22)34-2)18-29-13-10-21-25(27(32)35-3)23(17-24(31)30(21)15-14-29)36-16-11-20-8-4-5-12-28-20/h4-9,12,17H,10-11,13-16,18H2,1-3H3. The first-order valence-corrected chi connectivity index (χ1v) is 11.9. The van der Waals surface area contributed by atoms with E-state index in [9.17, 15) is 9.59 Å². The maximum atomic E-state index is 13.0. The number of rotatable bonds is 9. The van der Waals surface area contributed by atoms with Crippen molar-refractivity contribution in [3.8, 4) is 17.2 Å². The maximum absolute atomic E-state index is 13.0. The molecular formula is C27H31N3O6. The Morgan fingerprint density at radius 3 is 2.58 bits per heavy atom. The second-order valence-corrected chi connectivity index (χ2v) is 8.41. The zero-order chi connectivity index (χ0) is 25.5. The van der Waals surface area contributed by atoms with Crippen molar-refractivity contribution >= 4 is 5.97 Å². The van der Waals surface area contributed by atoms with Crippen molar-refractivity contribution in [3.63, 3.8) is 0 Å². The van der Waals surface area contributed by atoms with E-state index in [1.165, 1.54) is 13.2 Å². The smallest absolute Gasteiger partial charge is 0.343 e. The monoisotopic (exact) mass is 493 g/mol. The molecule has 0 radical (unpaired) electrons. The van der Waals surface area contributed by atoms with Crippen LogP contribution in [-0.4, -0.2) is 61.4 Å². The molecule has 0 saturated carbocycles. The fourth-order valence-corrected chi connectivity index (χ4v) is 4.52. The van der Waals surface area contributed by atoms with E-state index in [2.05, 4.69) is 9.88 Å². The molecule has 0 aliphatic carbocycles. The summed E-state index contributed by atoms with van der Waals surface area (Å²) in [7, 11) is 4.57. The molecule has 4 rings (SSSR count). The lowest BCUT2D eigenvalue weighted by Crippen LogP contribution is -2.29. The Kier molecular flexibility index (Phi) is 8.22. The Hall–Kier alpha value is -3.85. The fraction of sp³-hybridized carbons (Fsp3) is 0.370. The molecule has 0 amide bonds. The second kappa shape index (κ2) is 11.7. The minimum absolute atomic E-state index is 0.202. The number of ether oxygens (including phenoxy) is 4. The van der Waals surface area contributed by atoms with Gasteiger partial charge in [-0.15, -0.1) is 0 Å². The second-order valence-electron chi connectivity index (χ2n) is 8.41. The molecule has 9 heteroatoms. The summed E-state index contributed by atoms with van der Waals surface area (Å²) in [5.74, 6) is 1.09. The van der Waals surface area contributed by atoms with Gasteiger partial charge in [0.05, 0.1) is 27.9 Å². The number of benzene rings is 1. The molecule has 0 spiro atoms. The van der Waals surface area contributed by atoms with Crippen LogP contribution < -0.4 is 19.8 Å². The molecule has 3 heterocycles. The average Bonchev–Trinajstić information content (AvgIpc) is 3.12. The van der Waals surface area contributed by atoms with Gasteiger partial charge in [0.25, 0.3) is 5.56 Å². The highest BCUT2D eigenvalue weighted by molar-refractivity contribution is 5.93. The summed E-state index contributed by atoms with van der Waals surface area (Å²) in [4.78, 5) is 32.4. The normalized spacial score (nSPS) is 13.4. The molecule has 1 aliphatic rings. The Morgan fingerprint density at radius 2 is 1.86 bits per heavy atom. The molecule has 0 fully saturated rings. The molecule has 3 aromatic rings. The number of pyridine rings is 2. The van der Waals surface area contributed by atoms with E-state index in [-0.39, 0.29) is 17.9 Å². The zero-order valence-electron chi connectivity index (χ0n) is 20.9. The molecule has 1 aromatic carbocycles. The summed E-state index contributed by atoms with van der Waals surface area (Å²) >= 11 is 0. The van der Waals surface area contributed by atoms with Gasteiger partial charge in [0, 0.05) is 68.2 Å². The van der Waals surface area contributed by atoms with Crippen LogP contribution in [0.3, 0.4) is 0 Å². The van der Waals surface area contributed by atoms with Crippen LogP contribution >= 0.6 is 0 Å². The van der Waals surface area contributed by atoms with Gasteiger partial charge in [0.15, 0.2) is 11.5 Å². The maximum Gasteiger partial charge on any atom is 0.343 e. The molecule has 190 valence electrons. The number of esters is 1. The Bertz CT molecular complexity index is 1260. The van der Waals surface area contributed by atoms with Gasteiger partial charge in [-0.05, 0) is 18.2 Å². The fourth-order valence-electron chi connectivity index (χ4n) is 4.52. The number of aromatic nitrogens is 2. The Labute approximate surface area is 210 Å². The van der Waals surface area contributed by atoms with Gasteiger partial charge in [-0.1, -0.05) is 18.2 Å². The predicted octanol–water partition coefficient (Wildman–Crippen LogP) is 2.73. The zero-order valence-corrected chi connectivity index (χ0v) is 20.9. The van der Waals surface area contributed by atoms with Gasteiger partial charge < -0.3 is 23.5 Å². The molecule has 0 saturated heterocycles. The third kappa shape index (κ3) is 5.52. The van der Waals surface area contributed by atoms with Gasteiger partial charge in [0.1, 0.15) is 11.3 Å². The molecule has 36 heavy (non-hydrogen) atoms. The minimum atomic E-state index is -0.519. The van der Waals surface area contributed by atoms with Gasteiger partial charge in [-0.2, -0.15) is 0 Å². The average molecular weight is 494 g/mol. The van der Waals surface area contributed by atoms with Crippen molar-refractivity contribution in [2.24, 2.45) is 0 Å². The van der Waals surface area contributed by atoms with Crippen LogP contribution in [0.25, 0.3) is 0 Å². The van der Waals surface area contributed by atoms with Crippen LogP contribution in [0.1, 0.15) is 27.3 Å². The van der Waals surface area contributed by atoms with Gasteiger partial charge in [-0.25, -0.2) is 4.79 Å². The molecule has 1 aliphatic heterocycles. The van der Waals surface area contributed by atoms with Crippen molar-refractivity contribution < 1.29 is 23.7 Å². The summed E-state index contributed by atoms with van der Waals surface area (Å²) in [6.07, 6.45) is 2.76. The Morgan fingerprint density at radius 1 is 1.00 bits per heavy atom. The molecule has 0 atom stereocenters. The molecule has 0 N–H and O–H groups in total. The molecule has 2 aromatic heterocycles. The first kappa shape index (κ1) is 25.2. The number of carbonyl (C=O) groups excluding carboxylic acids is 1. The van der Waals surface area contributed by atoms with Crippen molar-refractivity contribution in [2.75, 3.05) is 41.0 Å². The number of hydrogen-bond acceptors (Lipinski definition) is 8. The van der Waals surface area contributed by atoms with Gasteiger partial charge in [0.2, 0.25) is 0 Å². The molecule has 0 unspecified atom stereocenters. The summed E-state index contributed by atoms with van der Waals surface area (Å²) in [6, 6.07) is 12.8. The van der Waals surface area contributed by atoms with E-state index in [4.69, 9.17) is 18.9 Å². The minimum Gasteiger partial charge on any atom is -0.493 e. The van der Waals surface area contributed by atoms with Gasteiger partial charge in [-0.3, -0.25) is 14.7 Å². The SMILES string of the molecule is COC(=O)c1c(OCCc2ccccn2)cc(=O)n2c1CCN(Cc1cccc(OC)c1OC)CC2. The van der Waals surface area contributed by atoms with E-state index in [1.54, 1.807) is 25.0 Å². The van der Waals surface area contributed by atoms with Crippen LogP contribution in [0.4, 0.5) is 0 Å². The predicted molar refractivity (Wildman–Crippen MR) is 134 cm³/mol. The quantitative estimate of drug-likeness (QED) is 0.420. The topological polar surface area (TPSA) is 92.1 Å².